The molecule has 0 aliphatic carbocycles. The van der Waals surface area contributed by atoms with Crippen molar-refractivity contribution in [2.24, 2.45) is 0 Å². The summed E-state index contributed by atoms with van der Waals surface area (Å²) in [4.78, 5) is 2.09. The average molecular weight is 286 g/mol. The molecular formula is C18H23FN2. The summed E-state index contributed by atoms with van der Waals surface area (Å²) in [5.74, 6) is -0.154. The van der Waals surface area contributed by atoms with Crippen molar-refractivity contribution in [3.05, 3.63) is 58.9 Å². The first-order chi connectivity index (χ1) is 9.88. The maximum atomic E-state index is 13.7. The summed E-state index contributed by atoms with van der Waals surface area (Å²) in [6.45, 7) is 5.91. The fourth-order valence-corrected chi connectivity index (χ4v) is 2.39. The lowest BCUT2D eigenvalue weighted by atomic mass is 10.1. The molecule has 21 heavy (non-hydrogen) atoms. The van der Waals surface area contributed by atoms with Crippen LogP contribution in [-0.4, -0.2) is 14.1 Å². The molecule has 2 aromatic rings. The molecule has 0 heterocycles. The highest BCUT2D eigenvalue weighted by Crippen LogP contribution is 2.26. The van der Waals surface area contributed by atoms with Crippen molar-refractivity contribution in [1.82, 2.24) is 0 Å². The molecule has 0 amide bonds. The van der Waals surface area contributed by atoms with E-state index in [-0.39, 0.29) is 11.9 Å². The minimum absolute atomic E-state index is 0.0535. The van der Waals surface area contributed by atoms with Gasteiger partial charge in [0.1, 0.15) is 5.82 Å². The molecule has 0 aliphatic rings. The average Bonchev–Trinajstić information content (AvgIpc) is 2.43. The minimum atomic E-state index is -0.154. The Hall–Kier alpha value is -2.03. The molecule has 2 aromatic carbocycles. The monoisotopic (exact) mass is 286 g/mol. The number of hydrogen-bond donors (Lipinski definition) is 1. The molecular weight excluding hydrogens is 263 g/mol. The second-order valence-corrected chi connectivity index (χ2v) is 5.77. The van der Waals surface area contributed by atoms with Crippen LogP contribution in [0.1, 0.15) is 29.7 Å². The van der Waals surface area contributed by atoms with Crippen molar-refractivity contribution in [2.45, 2.75) is 26.8 Å². The SMILES string of the molecule is Cc1ccc(C(C)Nc2ccc(C)c(N(C)C)c2)cc1F. The molecule has 0 bridgehead atoms. The van der Waals surface area contributed by atoms with Crippen LogP contribution < -0.4 is 10.2 Å². The fraction of sp³-hybridized carbons (Fsp3) is 0.333. The molecule has 0 spiro atoms. The Morgan fingerprint density at radius 2 is 1.67 bits per heavy atom. The lowest BCUT2D eigenvalue weighted by Crippen LogP contribution is -2.12. The molecule has 0 fully saturated rings. The van der Waals surface area contributed by atoms with Gasteiger partial charge in [-0.3, -0.25) is 0 Å². The molecule has 2 rings (SSSR count). The zero-order valence-electron chi connectivity index (χ0n) is 13.4. The van der Waals surface area contributed by atoms with Crippen molar-refractivity contribution in [3.8, 4) is 0 Å². The molecule has 0 saturated carbocycles. The first kappa shape index (κ1) is 15.4. The van der Waals surface area contributed by atoms with Crippen molar-refractivity contribution in [1.29, 1.82) is 0 Å². The maximum Gasteiger partial charge on any atom is 0.126 e. The summed E-state index contributed by atoms with van der Waals surface area (Å²) in [5, 5.41) is 3.43. The predicted octanol–water partition coefficient (Wildman–Crippen LogP) is 4.68. The van der Waals surface area contributed by atoms with Crippen LogP contribution in [0.15, 0.2) is 36.4 Å². The largest absolute Gasteiger partial charge is 0.378 e. The predicted molar refractivity (Wildman–Crippen MR) is 88.7 cm³/mol. The van der Waals surface area contributed by atoms with Crippen LogP contribution in [0.4, 0.5) is 15.8 Å². The lowest BCUT2D eigenvalue weighted by Gasteiger charge is -2.20. The Bertz CT molecular complexity index is 635. The minimum Gasteiger partial charge on any atom is -0.378 e. The number of aryl methyl sites for hydroxylation is 2. The third-order valence-corrected chi connectivity index (χ3v) is 3.77. The van der Waals surface area contributed by atoms with Gasteiger partial charge in [0.15, 0.2) is 0 Å². The van der Waals surface area contributed by atoms with E-state index in [1.165, 1.54) is 11.3 Å². The topological polar surface area (TPSA) is 15.3 Å². The molecule has 0 radical (unpaired) electrons. The molecule has 1 unspecified atom stereocenters. The smallest absolute Gasteiger partial charge is 0.126 e. The van der Waals surface area contributed by atoms with Crippen LogP contribution in [0.3, 0.4) is 0 Å². The number of halogens is 1. The summed E-state index contributed by atoms with van der Waals surface area (Å²) < 4.78 is 13.7. The van der Waals surface area contributed by atoms with Crippen LogP contribution in [0.2, 0.25) is 0 Å². The number of nitrogens with zero attached hydrogens (tertiary/aromatic N) is 1. The van der Waals surface area contributed by atoms with Gasteiger partial charge in [-0.05, 0) is 55.7 Å². The van der Waals surface area contributed by atoms with Crippen LogP contribution in [0.5, 0.6) is 0 Å². The molecule has 1 N–H and O–H groups in total. The van der Waals surface area contributed by atoms with Gasteiger partial charge in [-0.2, -0.15) is 0 Å². The summed E-state index contributed by atoms with van der Waals surface area (Å²) in [6.07, 6.45) is 0. The highest BCUT2D eigenvalue weighted by atomic mass is 19.1. The van der Waals surface area contributed by atoms with Gasteiger partial charge in [0, 0.05) is 31.5 Å². The van der Waals surface area contributed by atoms with Crippen LogP contribution in [0.25, 0.3) is 0 Å². The Morgan fingerprint density at radius 1 is 1.00 bits per heavy atom. The van der Waals surface area contributed by atoms with Gasteiger partial charge in [0.05, 0.1) is 0 Å². The molecule has 1 atom stereocenters. The standard InChI is InChI=1S/C18H23FN2/c1-12-6-8-15(10-17(12)19)14(3)20-16-9-7-13(2)18(11-16)21(4)5/h6-11,14,20H,1-5H3. The van der Waals surface area contributed by atoms with E-state index in [1.807, 2.05) is 33.2 Å². The zero-order chi connectivity index (χ0) is 15.6. The van der Waals surface area contributed by atoms with Gasteiger partial charge < -0.3 is 10.2 Å². The van der Waals surface area contributed by atoms with Gasteiger partial charge in [-0.1, -0.05) is 18.2 Å². The van der Waals surface area contributed by atoms with Gasteiger partial charge in [0.25, 0.3) is 0 Å². The zero-order valence-corrected chi connectivity index (χ0v) is 13.4. The van der Waals surface area contributed by atoms with Gasteiger partial charge >= 0.3 is 0 Å². The van der Waals surface area contributed by atoms with E-state index in [0.29, 0.717) is 5.56 Å². The first-order valence-corrected chi connectivity index (χ1v) is 7.19. The van der Waals surface area contributed by atoms with Crippen LogP contribution in [-0.2, 0) is 0 Å². The maximum absolute atomic E-state index is 13.7. The van der Waals surface area contributed by atoms with Gasteiger partial charge in [0.2, 0.25) is 0 Å². The van der Waals surface area contributed by atoms with Crippen molar-refractivity contribution in [3.63, 3.8) is 0 Å². The molecule has 3 heteroatoms. The molecule has 2 nitrogen and oxygen atoms in total. The van der Waals surface area contributed by atoms with Crippen molar-refractivity contribution >= 4 is 11.4 Å². The number of nitrogens with one attached hydrogen (secondary N) is 1. The Morgan fingerprint density at radius 3 is 2.29 bits per heavy atom. The molecule has 0 saturated heterocycles. The number of hydrogen-bond acceptors (Lipinski definition) is 2. The molecule has 0 aliphatic heterocycles. The second kappa shape index (κ2) is 6.17. The highest BCUT2D eigenvalue weighted by Gasteiger charge is 2.09. The number of rotatable bonds is 4. The Labute approximate surface area is 126 Å². The Balaban J connectivity index is 2.21. The Kier molecular flexibility index (Phi) is 4.51. The normalized spacial score (nSPS) is 12.1. The summed E-state index contributed by atoms with van der Waals surface area (Å²) >= 11 is 0. The highest BCUT2D eigenvalue weighted by molar-refractivity contribution is 5.62. The van der Waals surface area contributed by atoms with E-state index in [4.69, 9.17) is 0 Å². The van der Waals surface area contributed by atoms with E-state index in [2.05, 4.69) is 35.3 Å². The summed E-state index contributed by atoms with van der Waals surface area (Å²) in [6, 6.07) is 11.7. The summed E-state index contributed by atoms with van der Waals surface area (Å²) in [7, 11) is 4.07. The van der Waals surface area contributed by atoms with Crippen molar-refractivity contribution in [2.75, 3.05) is 24.3 Å². The van der Waals surface area contributed by atoms with Crippen molar-refractivity contribution < 1.29 is 4.39 Å². The van der Waals surface area contributed by atoms with E-state index in [9.17, 15) is 4.39 Å². The van der Waals surface area contributed by atoms with E-state index >= 15 is 0 Å². The lowest BCUT2D eigenvalue weighted by molar-refractivity contribution is 0.614. The number of anilines is 2. The molecule has 112 valence electrons. The fourth-order valence-electron chi connectivity index (χ4n) is 2.39. The third-order valence-electron chi connectivity index (χ3n) is 3.77. The van der Waals surface area contributed by atoms with E-state index in [0.717, 1.165) is 11.3 Å². The van der Waals surface area contributed by atoms with Crippen LogP contribution >= 0.6 is 0 Å². The number of benzene rings is 2. The van der Waals surface area contributed by atoms with E-state index < -0.39 is 0 Å². The second-order valence-electron chi connectivity index (χ2n) is 5.77. The summed E-state index contributed by atoms with van der Waals surface area (Å²) in [5.41, 5.74) is 5.08. The first-order valence-electron chi connectivity index (χ1n) is 7.19. The third kappa shape index (κ3) is 3.54. The van der Waals surface area contributed by atoms with Gasteiger partial charge in [-0.25, -0.2) is 4.39 Å². The quantitative estimate of drug-likeness (QED) is 0.877. The van der Waals surface area contributed by atoms with Gasteiger partial charge in [-0.15, -0.1) is 0 Å². The van der Waals surface area contributed by atoms with Crippen LogP contribution in [0, 0.1) is 19.7 Å². The molecule has 0 aromatic heterocycles. The van der Waals surface area contributed by atoms with E-state index in [1.54, 1.807) is 13.0 Å².